The van der Waals surface area contributed by atoms with Crippen molar-refractivity contribution in [2.75, 3.05) is 0 Å². The van der Waals surface area contributed by atoms with Gasteiger partial charge >= 0.3 is 0 Å². The van der Waals surface area contributed by atoms with Crippen molar-refractivity contribution >= 4 is 0 Å². The Morgan fingerprint density at radius 2 is 1.73 bits per heavy atom. The Hall–Kier alpha value is -0.520. The minimum absolute atomic E-state index is 0.448. The summed E-state index contributed by atoms with van der Waals surface area (Å²) < 4.78 is 0. The number of rotatable bonds is 2. The maximum absolute atomic E-state index is 2.55. The molecule has 0 N–H and O–H groups in total. The molecule has 0 aromatic carbocycles. The maximum atomic E-state index is 2.55. The minimum atomic E-state index is 0.448. The van der Waals surface area contributed by atoms with Gasteiger partial charge in [-0.05, 0) is 67.8 Å². The first-order valence-electron chi connectivity index (χ1n) is 9.57. The predicted octanol–water partition coefficient (Wildman–Crippen LogP) is 7.56. The monoisotopic (exact) mass is 304 g/mol. The summed E-state index contributed by atoms with van der Waals surface area (Å²) in [5.41, 5.74) is 5.85. The second-order valence-corrected chi connectivity index (χ2v) is 8.54. The van der Waals surface area contributed by atoms with E-state index in [4.69, 9.17) is 0 Å². The Labute approximate surface area is 140 Å². The minimum Gasteiger partial charge on any atom is -0.0705 e. The molecule has 0 radical (unpaired) electrons. The highest BCUT2D eigenvalue weighted by atomic mass is 14.5. The fourth-order valence-electron chi connectivity index (χ4n) is 4.76. The molecule has 2 aliphatic carbocycles. The van der Waals surface area contributed by atoms with Crippen molar-refractivity contribution < 1.29 is 0 Å². The molecule has 0 saturated heterocycles. The molecule has 0 aromatic rings. The van der Waals surface area contributed by atoms with Gasteiger partial charge in [-0.2, -0.15) is 0 Å². The van der Waals surface area contributed by atoms with Crippen LogP contribution in [0.4, 0.5) is 0 Å². The second kappa shape index (κ2) is 7.37. The highest BCUT2D eigenvalue weighted by molar-refractivity contribution is 5.35. The highest BCUT2D eigenvalue weighted by Crippen LogP contribution is 2.59. The lowest BCUT2D eigenvalue weighted by molar-refractivity contribution is 0.0134. The summed E-state index contributed by atoms with van der Waals surface area (Å²) in [5, 5.41) is 0. The summed E-state index contributed by atoms with van der Waals surface area (Å²) in [5.74, 6) is 1.55. The van der Waals surface area contributed by atoms with E-state index >= 15 is 0 Å². The van der Waals surface area contributed by atoms with E-state index in [0.29, 0.717) is 16.7 Å². The van der Waals surface area contributed by atoms with Crippen molar-refractivity contribution in [2.45, 2.75) is 94.4 Å². The van der Waals surface area contributed by atoms with Crippen LogP contribution in [0.15, 0.2) is 22.8 Å². The zero-order chi connectivity index (χ0) is 17.1. The fourth-order valence-corrected chi connectivity index (χ4v) is 4.76. The molecule has 1 saturated carbocycles. The molecular weight excluding hydrogens is 264 g/mol. The van der Waals surface area contributed by atoms with Gasteiger partial charge in [0.15, 0.2) is 0 Å². The molecule has 2 aliphatic rings. The van der Waals surface area contributed by atoms with E-state index in [2.05, 4.69) is 54.5 Å². The summed E-state index contributed by atoms with van der Waals surface area (Å²) in [7, 11) is 0. The lowest BCUT2D eigenvalue weighted by Crippen LogP contribution is -2.45. The zero-order valence-corrected chi connectivity index (χ0v) is 16.8. The van der Waals surface area contributed by atoms with E-state index < -0.39 is 0 Å². The number of allylic oxidation sites excluding steroid dienone is 4. The summed E-state index contributed by atoms with van der Waals surface area (Å²) in [6, 6.07) is 0. The van der Waals surface area contributed by atoms with Crippen LogP contribution in [-0.4, -0.2) is 0 Å². The summed E-state index contributed by atoms with van der Waals surface area (Å²) in [4.78, 5) is 0. The Kier molecular flexibility index (Phi) is 6.54. The first kappa shape index (κ1) is 19.5. The van der Waals surface area contributed by atoms with Crippen molar-refractivity contribution in [1.82, 2.24) is 0 Å². The number of fused-ring (bicyclic) bond motifs is 1. The summed E-state index contributed by atoms with van der Waals surface area (Å²) in [6.07, 6.45) is 9.39. The van der Waals surface area contributed by atoms with E-state index in [1.165, 1.54) is 37.7 Å². The third-order valence-electron chi connectivity index (χ3n) is 6.58. The van der Waals surface area contributed by atoms with Crippen LogP contribution in [0.1, 0.15) is 94.4 Å². The SMILES string of the molecule is CC.CC1=C(/C=C(\C)C(C)C)CCC2C(C)(C)CCCC12C. The summed E-state index contributed by atoms with van der Waals surface area (Å²) in [6.45, 7) is 20.9. The normalized spacial score (nSPS) is 31.5. The van der Waals surface area contributed by atoms with Gasteiger partial charge in [-0.25, -0.2) is 0 Å². The molecule has 0 aromatic heterocycles. The van der Waals surface area contributed by atoms with Crippen LogP contribution in [0, 0.1) is 22.7 Å². The van der Waals surface area contributed by atoms with Crippen LogP contribution < -0.4 is 0 Å². The van der Waals surface area contributed by atoms with Gasteiger partial charge in [0.25, 0.3) is 0 Å². The van der Waals surface area contributed by atoms with Gasteiger partial charge in [-0.15, -0.1) is 0 Å². The maximum Gasteiger partial charge on any atom is -0.00799 e. The first-order chi connectivity index (χ1) is 10.2. The Bertz CT molecular complexity index is 433. The van der Waals surface area contributed by atoms with Crippen LogP contribution in [0.3, 0.4) is 0 Å². The molecule has 0 nitrogen and oxygen atoms in total. The molecule has 22 heavy (non-hydrogen) atoms. The van der Waals surface area contributed by atoms with Crippen molar-refractivity contribution in [3.8, 4) is 0 Å². The average Bonchev–Trinajstić information content (AvgIpc) is 2.44. The molecule has 2 rings (SSSR count). The topological polar surface area (TPSA) is 0 Å². The van der Waals surface area contributed by atoms with E-state index in [1.807, 2.05) is 13.8 Å². The van der Waals surface area contributed by atoms with Gasteiger partial charge in [0.05, 0.1) is 0 Å². The Morgan fingerprint density at radius 1 is 1.14 bits per heavy atom. The third-order valence-corrected chi connectivity index (χ3v) is 6.58. The van der Waals surface area contributed by atoms with Gasteiger partial charge in [-0.3, -0.25) is 0 Å². The van der Waals surface area contributed by atoms with Gasteiger partial charge in [0.2, 0.25) is 0 Å². The number of hydrogen-bond donors (Lipinski definition) is 0. The highest BCUT2D eigenvalue weighted by Gasteiger charge is 2.49. The van der Waals surface area contributed by atoms with Crippen molar-refractivity contribution in [3.05, 3.63) is 22.8 Å². The van der Waals surface area contributed by atoms with E-state index in [9.17, 15) is 0 Å². The molecule has 0 aliphatic heterocycles. The van der Waals surface area contributed by atoms with Crippen LogP contribution in [0.2, 0.25) is 0 Å². The van der Waals surface area contributed by atoms with E-state index in [-0.39, 0.29) is 0 Å². The molecule has 0 bridgehead atoms. The molecule has 2 atom stereocenters. The molecule has 0 heterocycles. The lowest BCUT2D eigenvalue weighted by Gasteiger charge is -2.54. The lowest BCUT2D eigenvalue weighted by atomic mass is 9.50. The van der Waals surface area contributed by atoms with E-state index in [1.54, 1.807) is 11.1 Å². The molecule has 128 valence electrons. The third kappa shape index (κ3) is 3.69. The molecule has 0 heteroatoms. The predicted molar refractivity (Wildman–Crippen MR) is 101 cm³/mol. The van der Waals surface area contributed by atoms with Crippen LogP contribution in [0.5, 0.6) is 0 Å². The van der Waals surface area contributed by atoms with Gasteiger partial charge in [-0.1, -0.05) is 72.1 Å². The van der Waals surface area contributed by atoms with Gasteiger partial charge < -0.3 is 0 Å². The van der Waals surface area contributed by atoms with Crippen LogP contribution >= 0.6 is 0 Å². The smallest absolute Gasteiger partial charge is 0.00799 e. The van der Waals surface area contributed by atoms with Crippen LogP contribution in [-0.2, 0) is 0 Å². The fraction of sp³-hybridized carbons (Fsp3) is 0.818. The average molecular weight is 305 g/mol. The van der Waals surface area contributed by atoms with Crippen molar-refractivity contribution in [1.29, 1.82) is 0 Å². The standard InChI is InChI=1S/C20H34.C2H6/c1-14(2)15(3)13-17-9-10-18-19(5,6)11-8-12-20(18,7)16(17)4;1-2/h13-14,18H,8-12H2,1-7H3;1-2H3/b15-13+;. The van der Waals surface area contributed by atoms with E-state index in [0.717, 1.165) is 5.92 Å². The zero-order valence-electron chi connectivity index (χ0n) is 16.8. The molecule has 0 spiro atoms. The Balaban J connectivity index is 0.00000116. The Morgan fingerprint density at radius 3 is 2.27 bits per heavy atom. The van der Waals surface area contributed by atoms with Gasteiger partial charge in [0.1, 0.15) is 0 Å². The molecule has 0 amide bonds. The molecular formula is C22H40. The first-order valence-corrected chi connectivity index (χ1v) is 9.57. The second-order valence-electron chi connectivity index (χ2n) is 8.54. The summed E-state index contributed by atoms with van der Waals surface area (Å²) >= 11 is 0. The van der Waals surface area contributed by atoms with Crippen molar-refractivity contribution in [2.24, 2.45) is 22.7 Å². The molecule has 2 unspecified atom stereocenters. The van der Waals surface area contributed by atoms with Crippen LogP contribution in [0.25, 0.3) is 0 Å². The quantitative estimate of drug-likeness (QED) is 0.494. The van der Waals surface area contributed by atoms with Crippen molar-refractivity contribution in [3.63, 3.8) is 0 Å². The van der Waals surface area contributed by atoms with Gasteiger partial charge in [0, 0.05) is 0 Å². The largest absolute Gasteiger partial charge is 0.0705 e. The number of hydrogen-bond acceptors (Lipinski definition) is 0. The molecule has 1 fully saturated rings.